The van der Waals surface area contributed by atoms with E-state index in [1.807, 2.05) is 24.3 Å². The second kappa shape index (κ2) is 7.57. The maximum atomic E-state index is 12.9. The number of benzene rings is 1. The Morgan fingerprint density at radius 2 is 2.15 bits per heavy atom. The van der Waals surface area contributed by atoms with E-state index in [2.05, 4.69) is 9.80 Å². The quantitative estimate of drug-likeness (QED) is 0.809. The summed E-state index contributed by atoms with van der Waals surface area (Å²) in [5, 5.41) is 0. The summed E-state index contributed by atoms with van der Waals surface area (Å²) in [6.45, 7) is 6.78. The van der Waals surface area contributed by atoms with Gasteiger partial charge in [-0.15, -0.1) is 0 Å². The molecule has 3 fully saturated rings. The molecular formula is C21H30N2O3. The van der Waals surface area contributed by atoms with E-state index in [9.17, 15) is 4.79 Å². The lowest BCUT2D eigenvalue weighted by atomic mass is 9.80. The summed E-state index contributed by atoms with van der Waals surface area (Å²) >= 11 is 0. The third kappa shape index (κ3) is 3.60. The van der Waals surface area contributed by atoms with Gasteiger partial charge in [0.25, 0.3) is 0 Å². The van der Waals surface area contributed by atoms with Gasteiger partial charge in [-0.1, -0.05) is 18.6 Å². The lowest BCUT2D eigenvalue weighted by Crippen LogP contribution is -2.45. The second-order valence-electron chi connectivity index (χ2n) is 8.21. The van der Waals surface area contributed by atoms with Crippen LogP contribution in [-0.2, 0) is 16.0 Å². The highest BCUT2D eigenvalue weighted by Crippen LogP contribution is 2.42. The van der Waals surface area contributed by atoms with Gasteiger partial charge >= 0.3 is 0 Å². The molecule has 5 nitrogen and oxygen atoms in total. The molecule has 2 atom stereocenters. The highest BCUT2D eigenvalue weighted by molar-refractivity contribution is 5.79. The largest absolute Gasteiger partial charge is 0.497 e. The van der Waals surface area contributed by atoms with Crippen LogP contribution in [0.4, 0.5) is 0 Å². The molecule has 26 heavy (non-hydrogen) atoms. The second-order valence-corrected chi connectivity index (χ2v) is 8.21. The number of piperidine rings is 1. The summed E-state index contributed by atoms with van der Waals surface area (Å²) in [6.07, 6.45) is 4.42. The van der Waals surface area contributed by atoms with Crippen molar-refractivity contribution in [3.63, 3.8) is 0 Å². The van der Waals surface area contributed by atoms with Crippen molar-refractivity contribution in [3.05, 3.63) is 29.8 Å². The predicted octanol–water partition coefficient (Wildman–Crippen LogP) is 2.20. The molecule has 1 aromatic rings. The van der Waals surface area contributed by atoms with Crippen molar-refractivity contribution in [2.45, 2.75) is 25.7 Å². The molecule has 0 spiro atoms. The first-order chi connectivity index (χ1) is 12.7. The Balaban J connectivity index is 1.41. The molecule has 0 bridgehead atoms. The van der Waals surface area contributed by atoms with Crippen LogP contribution in [-0.4, -0.2) is 68.8 Å². The lowest BCUT2D eigenvalue weighted by Gasteiger charge is -2.36. The Morgan fingerprint density at radius 1 is 1.31 bits per heavy atom. The Bertz CT molecular complexity index is 644. The normalized spacial score (nSPS) is 29.0. The van der Waals surface area contributed by atoms with Gasteiger partial charge in [0.15, 0.2) is 0 Å². The first-order valence-corrected chi connectivity index (χ1v) is 9.89. The molecule has 0 radical (unpaired) electrons. The first-order valence-electron chi connectivity index (χ1n) is 9.89. The molecule has 3 aliphatic rings. The highest BCUT2D eigenvalue weighted by Gasteiger charge is 2.52. The Kier molecular flexibility index (Phi) is 5.18. The van der Waals surface area contributed by atoms with Crippen molar-refractivity contribution in [1.29, 1.82) is 0 Å². The number of ether oxygens (including phenoxy) is 2. The number of rotatable bonds is 5. The topological polar surface area (TPSA) is 42.0 Å². The van der Waals surface area contributed by atoms with Crippen LogP contribution in [0, 0.1) is 11.3 Å². The van der Waals surface area contributed by atoms with Crippen LogP contribution in [0.1, 0.15) is 24.8 Å². The zero-order chi connectivity index (χ0) is 18.0. The van der Waals surface area contributed by atoms with Crippen molar-refractivity contribution in [2.75, 3.05) is 53.0 Å². The molecule has 4 rings (SSSR count). The number of hydrogen-bond donors (Lipinski definition) is 0. The van der Waals surface area contributed by atoms with E-state index >= 15 is 0 Å². The molecular weight excluding hydrogens is 328 g/mol. The molecule has 1 amide bonds. The first kappa shape index (κ1) is 17.8. The van der Waals surface area contributed by atoms with E-state index in [0.29, 0.717) is 12.3 Å². The molecule has 1 aromatic carbocycles. The number of fused-ring (bicyclic) bond motifs is 1. The number of hydrogen-bond acceptors (Lipinski definition) is 4. The van der Waals surface area contributed by atoms with Gasteiger partial charge in [-0.3, -0.25) is 4.79 Å². The van der Waals surface area contributed by atoms with Crippen LogP contribution in [0.25, 0.3) is 0 Å². The lowest BCUT2D eigenvalue weighted by molar-refractivity contribution is -0.130. The van der Waals surface area contributed by atoms with Crippen molar-refractivity contribution in [3.8, 4) is 5.75 Å². The van der Waals surface area contributed by atoms with Gasteiger partial charge < -0.3 is 19.3 Å². The Labute approximate surface area is 156 Å². The fraction of sp³-hybridized carbons (Fsp3) is 0.667. The molecule has 5 heteroatoms. The smallest absolute Gasteiger partial charge is 0.227 e. The van der Waals surface area contributed by atoms with Crippen LogP contribution < -0.4 is 4.74 Å². The van der Waals surface area contributed by atoms with Crippen molar-refractivity contribution >= 4 is 5.91 Å². The fourth-order valence-corrected chi connectivity index (χ4v) is 4.88. The Hall–Kier alpha value is -1.59. The van der Waals surface area contributed by atoms with Gasteiger partial charge in [-0.05, 0) is 43.6 Å². The van der Waals surface area contributed by atoms with E-state index < -0.39 is 0 Å². The van der Waals surface area contributed by atoms with E-state index in [1.165, 1.54) is 32.4 Å². The van der Waals surface area contributed by atoms with Gasteiger partial charge in [0.1, 0.15) is 5.75 Å². The predicted molar refractivity (Wildman–Crippen MR) is 100 cm³/mol. The van der Waals surface area contributed by atoms with E-state index in [1.54, 1.807) is 7.11 Å². The number of likely N-dealkylation sites (tertiary alicyclic amines) is 2. The molecule has 0 aromatic heterocycles. The average molecular weight is 358 g/mol. The van der Waals surface area contributed by atoms with Crippen LogP contribution in [0.5, 0.6) is 5.75 Å². The fourth-order valence-electron chi connectivity index (χ4n) is 4.88. The average Bonchev–Trinajstić information content (AvgIpc) is 3.19. The number of methoxy groups -OCH3 is 1. The third-order valence-corrected chi connectivity index (χ3v) is 6.35. The zero-order valence-corrected chi connectivity index (χ0v) is 15.8. The SMILES string of the molecule is COc1cccc(CC(=O)N2C[C@@H]3COC[C@]3(CN3CCCCC3)C2)c1. The minimum absolute atomic E-state index is 0.140. The van der Waals surface area contributed by atoms with E-state index in [-0.39, 0.29) is 11.3 Å². The Morgan fingerprint density at radius 3 is 2.96 bits per heavy atom. The van der Waals surface area contributed by atoms with Gasteiger partial charge in [-0.25, -0.2) is 0 Å². The standard InChI is InChI=1S/C21H30N2O3/c1-25-19-7-5-6-17(10-19)11-20(24)23-12-18-13-26-16-21(18,15-23)14-22-8-3-2-4-9-22/h5-7,10,18H,2-4,8-9,11-16H2,1H3/t18-,21+/m1/s1. The molecule has 0 saturated carbocycles. The maximum absolute atomic E-state index is 12.9. The van der Waals surface area contributed by atoms with Gasteiger partial charge in [0, 0.05) is 31.0 Å². The summed E-state index contributed by atoms with van der Waals surface area (Å²) in [7, 11) is 1.66. The minimum atomic E-state index is 0.140. The summed E-state index contributed by atoms with van der Waals surface area (Å²) in [6, 6.07) is 7.83. The van der Waals surface area contributed by atoms with Gasteiger partial charge in [0.05, 0.1) is 26.7 Å². The summed E-state index contributed by atoms with van der Waals surface area (Å²) in [5.41, 5.74) is 1.16. The molecule has 142 valence electrons. The summed E-state index contributed by atoms with van der Waals surface area (Å²) in [5.74, 6) is 1.52. The van der Waals surface area contributed by atoms with E-state index in [4.69, 9.17) is 9.47 Å². The number of nitrogens with zero attached hydrogens (tertiary/aromatic N) is 2. The van der Waals surface area contributed by atoms with Crippen molar-refractivity contribution < 1.29 is 14.3 Å². The number of carbonyl (C=O) groups is 1. The maximum Gasteiger partial charge on any atom is 0.227 e. The number of carbonyl (C=O) groups excluding carboxylic acids is 1. The molecule has 0 N–H and O–H groups in total. The molecule has 3 aliphatic heterocycles. The minimum Gasteiger partial charge on any atom is -0.497 e. The van der Waals surface area contributed by atoms with Crippen LogP contribution in [0.15, 0.2) is 24.3 Å². The van der Waals surface area contributed by atoms with Crippen molar-refractivity contribution in [2.24, 2.45) is 11.3 Å². The summed E-state index contributed by atoms with van der Waals surface area (Å²) < 4.78 is 11.1. The molecule has 0 unspecified atom stereocenters. The molecule has 3 saturated heterocycles. The zero-order valence-electron chi connectivity index (χ0n) is 15.8. The van der Waals surface area contributed by atoms with E-state index in [0.717, 1.165) is 44.2 Å². The van der Waals surface area contributed by atoms with Gasteiger partial charge in [0.2, 0.25) is 5.91 Å². The molecule has 0 aliphatic carbocycles. The summed E-state index contributed by atoms with van der Waals surface area (Å²) in [4.78, 5) is 17.6. The number of amides is 1. The van der Waals surface area contributed by atoms with Crippen LogP contribution >= 0.6 is 0 Å². The van der Waals surface area contributed by atoms with Gasteiger partial charge in [-0.2, -0.15) is 0 Å². The third-order valence-electron chi connectivity index (χ3n) is 6.35. The molecule has 3 heterocycles. The van der Waals surface area contributed by atoms with Crippen LogP contribution in [0.2, 0.25) is 0 Å². The highest BCUT2D eigenvalue weighted by atomic mass is 16.5. The van der Waals surface area contributed by atoms with Crippen molar-refractivity contribution in [1.82, 2.24) is 9.80 Å². The monoisotopic (exact) mass is 358 g/mol. The van der Waals surface area contributed by atoms with Crippen LogP contribution in [0.3, 0.4) is 0 Å².